The normalized spacial score (nSPS) is 13.7. The van der Waals surface area contributed by atoms with Gasteiger partial charge in [0.15, 0.2) is 6.61 Å². The Kier molecular flexibility index (Phi) is 5.88. The van der Waals surface area contributed by atoms with Crippen LogP contribution in [-0.2, 0) is 11.3 Å². The molecule has 0 saturated heterocycles. The van der Waals surface area contributed by atoms with Crippen LogP contribution >= 0.6 is 0 Å². The minimum atomic E-state index is -0.469. The van der Waals surface area contributed by atoms with Gasteiger partial charge in [0.25, 0.3) is 0 Å². The Morgan fingerprint density at radius 3 is 2.68 bits per heavy atom. The highest BCUT2D eigenvalue weighted by molar-refractivity contribution is 6.01. The Balaban J connectivity index is 1.47. The van der Waals surface area contributed by atoms with Gasteiger partial charge >= 0.3 is 6.09 Å². The maximum absolute atomic E-state index is 11.9. The molecule has 0 unspecified atom stereocenters. The van der Waals surface area contributed by atoms with E-state index in [1.165, 1.54) is 12.7 Å². The summed E-state index contributed by atoms with van der Waals surface area (Å²) in [5.41, 5.74) is 11.1. The number of nitrogens with one attached hydrogen (secondary N) is 1. The molecule has 1 amide bonds. The molecule has 1 aliphatic carbocycles. The van der Waals surface area contributed by atoms with Crippen molar-refractivity contribution in [1.29, 1.82) is 0 Å². The third kappa shape index (κ3) is 4.31. The fraction of sp³-hybridized carbons (Fsp3) is 0.308. The highest BCUT2D eigenvalue weighted by atomic mass is 16.6. The maximum Gasteiger partial charge on any atom is 0.411 e. The lowest BCUT2D eigenvalue weighted by molar-refractivity contribution is 0.130. The second-order valence-electron chi connectivity index (χ2n) is 8.77. The van der Waals surface area contributed by atoms with Crippen molar-refractivity contribution in [2.75, 3.05) is 11.1 Å². The van der Waals surface area contributed by atoms with E-state index in [2.05, 4.69) is 14.9 Å². The Labute approximate surface area is 197 Å². The van der Waals surface area contributed by atoms with Gasteiger partial charge in [-0.3, -0.25) is 5.32 Å². The number of nitrogens with two attached hydrogens (primary N) is 1. The van der Waals surface area contributed by atoms with E-state index in [1.807, 2.05) is 56.3 Å². The lowest BCUT2D eigenvalue weighted by Crippen LogP contribution is -2.18. The molecule has 8 heteroatoms. The Morgan fingerprint density at radius 2 is 2.03 bits per heavy atom. The molecule has 2 heterocycles. The second-order valence-corrected chi connectivity index (χ2v) is 8.77. The maximum atomic E-state index is 11.9. The minimum absolute atomic E-state index is 0.179. The fourth-order valence-electron chi connectivity index (χ4n) is 4.27. The first-order valence-corrected chi connectivity index (χ1v) is 11.5. The van der Waals surface area contributed by atoms with Crippen molar-refractivity contribution in [3.8, 4) is 17.0 Å². The molecule has 1 fully saturated rings. The zero-order valence-corrected chi connectivity index (χ0v) is 19.3. The van der Waals surface area contributed by atoms with Crippen LogP contribution < -0.4 is 15.8 Å². The van der Waals surface area contributed by atoms with Gasteiger partial charge in [0.1, 0.15) is 12.0 Å². The van der Waals surface area contributed by atoms with E-state index in [1.54, 1.807) is 6.20 Å². The molecule has 1 aliphatic rings. The molecule has 1 saturated carbocycles. The summed E-state index contributed by atoms with van der Waals surface area (Å²) >= 11 is 0. The lowest BCUT2D eigenvalue weighted by atomic mass is 9.92. The summed E-state index contributed by atoms with van der Waals surface area (Å²) in [6.45, 7) is 3.89. The number of anilines is 2. The molecule has 2 aromatic carbocycles. The highest BCUT2D eigenvalue weighted by Crippen LogP contribution is 2.45. The molecule has 5 rings (SSSR count). The quantitative estimate of drug-likeness (QED) is 0.343. The number of hydrogen-bond donors (Lipinski definition) is 2. The van der Waals surface area contributed by atoms with Gasteiger partial charge in [0.05, 0.1) is 29.2 Å². The molecule has 8 nitrogen and oxygen atoms in total. The molecular formula is C26H28N4O4. The van der Waals surface area contributed by atoms with Crippen LogP contribution in [0.15, 0.2) is 59.3 Å². The molecule has 0 atom stereocenters. The molecule has 176 valence electrons. The van der Waals surface area contributed by atoms with Gasteiger partial charge in [-0.1, -0.05) is 12.1 Å². The van der Waals surface area contributed by atoms with Gasteiger partial charge in [-0.15, -0.1) is 0 Å². The van der Waals surface area contributed by atoms with Gasteiger partial charge in [-0.2, -0.15) is 0 Å². The Hall–Kier alpha value is -3.94. The third-order valence-corrected chi connectivity index (χ3v) is 6.05. The van der Waals surface area contributed by atoms with Crippen molar-refractivity contribution >= 4 is 28.4 Å². The summed E-state index contributed by atoms with van der Waals surface area (Å²) in [5, 5.41) is 3.75. The molecule has 0 aliphatic heterocycles. The highest BCUT2D eigenvalue weighted by Gasteiger charge is 2.27. The van der Waals surface area contributed by atoms with Gasteiger partial charge in [-0.25, -0.2) is 9.78 Å². The molecule has 0 radical (unpaired) electrons. The van der Waals surface area contributed by atoms with Crippen molar-refractivity contribution < 1.29 is 18.7 Å². The average molecular weight is 461 g/mol. The number of rotatable bonds is 7. The van der Waals surface area contributed by atoms with Gasteiger partial charge in [-0.05, 0) is 57.4 Å². The summed E-state index contributed by atoms with van der Waals surface area (Å²) in [6.07, 6.45) is 5.90. The SMILES string of the molecule is CC(C)OC(=O)Nc1ccc(-c2c(N)c3ccc(OCc4ncco4)cc3n2C2CCC2)cc1. The fourth-order valence-corrected chi connectivity index (χ4v) is 4.27. The molecule has 0 bridgehead atoms. The van der Waals surface area contributed by atoms with Crippen LogP contribution in [0.4, 0.5) is 16.2 Å². The summed E-state index contributed by atoms with van der Waals surface area (Å²) < 4.78 is 18.7. The number of fused-ring (bicyclic) bond motifs is 1. The first-order chi connectivity index (χ1) is 16.5. The first kappa shape index (κ1) is 21.9. The number of carbonyl (C=O) groups is 1. The number of ether oxygens (including phenoxy) is 2. The van der Waals surface area contributed by atoms with Crippen LogP contribution in [-0.4, -0.2) is 21.7 Å². The number of hydrogen-bond acceptors (Lipinski definition) is 6. The van der Waals surface area contributed by atoms with Gasteiger partial charge in [0.2, 0.25) is 5.89 Å². The van der Waals surface area contributed by atoms with E-state index in [9.17, 15) is 4.79 Å². The van der Waals surface area contributed by atoms with Crippen LogP contribution in [0.3, 0.4) is 0 Å². The van der Waals surface area contributed by atoms with Crippen molar-refractivity contribution in [1.82, 2.24) is 9.55 Å². The van der Waals surface area contributed by atoms with Crippen molar-refractivity contribution in [2.24, 2.45) is 0 Å². The molecule has 2 aromatic heterocycles. The largest absolute Gasteiger partial charge is 0.484 e. The minimum Gasteiger partial charge on any atom is -0.484 e. The number of nitrogens with zero attached hydrogens (tertiary/aromatic N) is 2. The van der Waals surface area contributed by atoms with E-state index in [0.717, 1.165) is 46.4 Å². The monoisotopic (exact) mass is 460 g/mol. The standard InChI is InChI=1S/C26H28N4O4/c1-16(2)34-26(31)29-18-8-6-17(7-9-18)25-24(27)21-11-10-20(33-15-23-28-12-13-32-23)14-22(21)30(25)19-4-3-5-19/h6-14,16,19H,3-5,15,27H2,1-2H3,(H,29,31). The predicted molar refractivity (Wildman–Crippen MR) is 131 cm³/mol. The number of aromatic nitrogens is 2. The van der Waals surface area contributed by atoms with Crippen LogP contribution in [0.5, 0.6) is 5.75 Å². The summed E-state index contributed by atoms with van der Waals surface area (Å²) in [6, 6.07) is 14.0. The van der Waals surface area contributed by atoms with Crippen LogP contribution in [0.1, 0.15) is 45.0 Å². The first-order valence-electron chi connectivity index (χ1n) is 11.5. The van der Waals surface area contributed by atoms with E-state index in [-0.39, 0.29) is 12.7 Å². The van der Waals surface area contributed by atoms with E-state index in [4.69, 9.17) is 19.6 Å². The number of benzene rings is 2. The zero-order chi connectivity index (χ0) is 23.7. The van der Waals surface area contributed by atoms with Gasteiger partial charge < -0.3 is 24.2 Å². The third-order valence-electron chi connectivity index (χ3n) is 6.05. The topological polar surface area (TPSA) is 105 Å². The van der Waals surface area contributed by atoms with Crippen LogP contribution in [0.25, 0.3) is 22.2 Å². The Morgan fingerprint density at radius 1 is 1.24 bits per heavy atom. The Bertz CT molecular complexity index is 1290. The number of carbonyl (C=O) groups excluding carboxylic acids is 1. The smallest absolute Gasteiger partial charge is 0.411 e. The van der Waals surface area contributed by atoms with E-state index < -0.39 is 6.09 Å². The molecular weight excluding hydrogens is 432 g/mol. The molecule has 3 N–H and O–H groups in total. The molecule has 34 heavy (non-hydrogen) atoms. The predicted octanol–water partition coefficient (Wildman–Crippen LogP) is 6.14. The summed E-state index contributed by atoms with van der Waals surface area (Å²) in [5.74, 6) is 1.26. The van der Waals surface area contributed by atoms with Crippen LogP contribution in [0, 0.1) is 0 Å². The van der Waals surface area contributed by atoms with Crippen molar-refractivity contribution in [3.63, 3.8) is 0 Å². The number of amides is 1. The van der Waals surface area contributed by atoms with Crippen molar-refractivity contribution in [3.05, 3.63) is 60.8 Å². The molecule has 0 spiro atoms. The van der Waals surface area contributed by atoms with Crippen molar-refractivity contribution in [2.45, 2.75) is 51.9 Å². The van der Waals surface area contributed by atoms with Gasteiger partial charge in [0, 0.05) is 28.7 Å². The van der Waals surface area contributed by atoms with Crippen LogP contribution in [0.2, 0.25) is 0 Å². The second kappa shape index (κ2) is 9.13. The average Bonchev–Trinajstić information content (AvgIpc) is 3.38. The lowest BCUT2D eigenvalue weighted by Gasteiger charge is -2.30. The molecule has 4 aromatic rings. The summed E-state index contributed by atoms with van der Waals surface area (Å²) in [7, 11) is 0. The number of nitrogen functional groups attached to an aromatic ring is 1. The summed E-state index contributed by atoms with van der Waals surface area (Å²) in [4.78, 5) is 16.0. The number of oxazole rings is 1. The zero-order valence-electron chi connectivity index (χ0n) is 19.3. The van der Waals surface area contributed by atoms with E-state index >= 15 is 0 Å². The van der Waals surface area contributed by atoms with E-state index in [0.29, 0.717) is 17.6 Å².